The topological polar surface area (TPSA) is 0 Å². The fourth-order valence-corrected chi connectivity index (χ4v) is 38.6. The van der Waals surface area contributed by atoms with E-state index in [9.17, 15) is 0 Å². The predicted molar refractivity (Wildman–Crippen MR) is 235 cm³/mol. The number of hydrogen-bond acceptors (Lipinski definition) is 0. The van der Waals surface area contributed by atoms with Crippen LogP contribution in [0.2, 0.25) is 13.1 Å². The van der Waals surface area contributed by atoms with E-state index in [0.29, 0.717) is 11.8 Å². The average Bonchev–Trinajstić information content (AvgIpc) is 3.81. The standard InChI is InChI=1S/2C24H21.C2H6Si.2ClH.Zr/c2*1-17(2)20-15-19-11-8-14-23(24(19)16-20)22-13-7-6-12-21(22)18-9-4-3-5-10-18;1-3-2;;;/h2*3-17H,1-2H3;1-2H3;2*1H;/q;;;;;+2/p-2. The Morgan fingerprint density at radius 2 is 0.759 bits per heavy atom. The van der Waals surface area contributed by atoms with Crippen molar-refractivity contribution in [3.05, 3.63) is 179 Å². The number of halogens is 2. The van der Waals surface area contributed by atoms with Crippen LogP contribution in [0.3, 0.4) is 0 Å². The zero-order valence-corrected chi connectivity index (χ0v) is 37.0. The zero-order valence-electron chi connectivity index (χ0n) is 32.1. The van der Waals surface area contributed by atoms with Crippen molar-refractivity contribution in [3.63, 3.8) is 0 Å². The quantitative estimate of drug-likeness (QED) is 0.134. The summed E-state index contributed by atoms with van der Waals surface area (Å²) in [5, 5.41) is 0. The fraction of sp³-hybridized carbons (Fsp3) is 0.200. The van der Waals surface area contributed by atoms with E-state index in [4.69, 9.17) is 17.0 Å². The third-order valence-corrected chi connectivity index (χ3v) is 58.5. The van der Waals surface area contributed by atoms with Gasteiger partial charge in [0, 0.05) is 0 Å². The monoisotopic (exact) mass is 836 g/mol. The Balaban J connectivity index is 1.36. The average molecular weight is 839 g/mol. The molecule has 2 aliphatic carbocycles. The molecule has 0 nitrogen and oxygen atoms in total. The van der Waals surface area contributed by atoms with E-state index >= 15 is 0 Å². The number of fused-ring (bicyclic) bond motifs is 2. The summed E-state index contributed by atoms with van der Waals surface area (Å²) in [6.07, 6.45) is 4.98. The van der Waals surface area contributed by atoms with E-state index in [2.05, 4.69) is 199 Å². The van der Waals surface area contributed by atoms with Gasteiger partial charge in [-0.05, 0) is 0 Å². The van der Waals surface area contributed by atoms with Gasteiger partial charge in [-0.3, -0.25) is 0 Å². The van der Waals surface area contributed by atoms with Crippen LogP contribution in [-0.2, 0) is 15.0 Å². The fourth-order valence-electron chi connectivity index (χ4n) is 9.42. The summed E-state index contributed by atoms with van der Waals surface area (Å²) in [4.78, 5) is 0. The summed E-state index contributed by atoms with van der Waals surface area (Å²) < 4.78 is 0.0201. The molecule has 0 N–H and O–H groups in total. The van der Waals surface area contributed by atoms with Gasteiger partial charge in [0.1, 0.15) is 0 Å². The summed E-state index contributed by atoms with van der Waals surface area (Å²) in [5.41, 5.74) is 16.7. The minimum absolute atomic E-state index is 0.0101. The van der Waals surface area contributed by atoms with Gasteiger partial charge in [-0.2, -0.15) is 0 Å². The molecule has 270 valence electrons. The van der Waals surface area contributed by atoms with Crippen LogP contribution < -0.4 is 0 Å². The van der Waals surface area contributed by atoms with E-state index in [-0.39, 0.29) is 7.25 Å². The van der Waals surface area contributed by atoms with Crippen molar-refractivity contribution in [2.75, 3.05) is 0 Å². The first-order chi connectivity index (χ1) is 26.0. The van der Waals surface area contributed by atoms with Crippen LogP contribution in [0.4, 0.5) is 0 Å². The third-order valence-electron chi connectivity index (χ3n) is 12.1. The van der Waals surface area contributed by atoms with Crippen molar-refractivity contribution >= 4 is 34.6 Å². The van der Waals surface area contributed by atoms with Crippen molar-refractivity contribution in [1.29, 1.82) is 0 Å². The number of rotatable bonds is 8. The molecular formula is C50H48Cl2SiZr. The Labute approximate surface area is 330 Å². The normalized spacial score (nSPS) is 16.6. The van der Waals surface area contributed by atoms with E-state index in [1.807, 2.05) is 0 Å². The zero-order chi connectivity index (χ0) is 37.8. The first-order valence-corrected chi connectivity index (χ1v) is 34.7. The van der Waals surface area contributed by atoms with Gasteiger partial charge in [0.05, 0.1) is 0 Å². The molecule has 0 saturated carbocycles. The van der Waals surface area contributed by atoms with Crippen LogP contribution >= 0.6 is 17.0 Å². The Morgan fingerprint density at radius 1 is 0.426 bits per heavy atom. The molecule has 0 fully saturated rings. The van der Waals surface area contributed by atoms with Crippen LogP contribution in [0.15, 0.2) is 157 Å². The Bertz CT molecular complexity index is 2370. The Hall–Kier alpha value is -3.52. The molecule has 0 saturated heterocycles. The summed E-state index contributed by atoms with van der Waals surface area (Å²) in [6.45, 7) is 14.2. The number of benzene rings is 6. The number of hydrogen-bond donors (Lipinski definition) is 0. The summed E-state index contributed by atoms with van der Waals surface area (Å²) in [5.74, 6) is 0.588. The van der Waals surface area contributed by atoms with Gasteiger partial charge in [0.15, 0.2) is 0 Å². The van der Waals surface area contributed by atoms with Crippen LogP contribution in [0, 0.1) is 11.8 Å². The maximum absolute atomic E-state index is 8.86. The van der Waals surface area contributed by atoms with Crippen molar-refractivity contribution in [1.82, 2.24) is 0 Å². The SMILES string of the molecule is CC(C)C1=Cc2c(-c3ccccc3-c3ccccc3)cccc2[CH]1[Zr]([Cl])([Cl])([CH]1C(C(C)C)=Cc2c(-c3ccccc3-c3ccccc3)cccc21)=[Si](C)C. The van der Waals surface area contributed by atoms with Crippen LogP contribution in [0.5, 0.6) is 0 Å². The van der Waals surface area contributed by atoms with E-state index < -0.39 is 20.4 Å². The van der Waals surface area contributed by atoms with Crippen LogP contribution in [-0.4, -0.2) is 5.43 Å². The molecule has 6 aromatic rings. The van der Waals surface area contributed by atoms with Gasteiger partial charge in [-0.15, -0.1) is 0 Å². The summed E-state index contributed by atoms with van der Waals surface area (Å²) >= 11 is -5.06. The van der Waals surface area contributed by atoms with E-state index in [0.717, 1.165) is 0 Å². The van der Waals surface area contributed by atoms with Crippen molar-refractivity contribution in [2.24, 2.45) is 11.8 Å². The summed E-state index contributed by atoms with van der Waals surface area (Å²) in [6, 6.07) is 53.0. The molecule has 8 rings (SSSR count). The molecule has 0 aromatic heterocycles. The van der Waals surface area contributed by atoms with Crippen molar-refractivity contribution in [2.45, 2.75) is 48.0 Å². The van der Waals surface area contributed by atoms with Gasteiger partial charge >= 0.3 is 333 Å². The summed E-state index contributed by atoms with van der Waals surface area (Å²) in [7, 11) is 17.7. The van der Waals surface area contributed by atoms with Crippen molar-refractivity contribution in [3.8, 4) is 44.5 Å². The van der Waals surface area contributed by atoms with Crippen molar-refractivity contribution < 1.29 is 15.0 Å². The van der Waals surface area contributed by atoms with Gasteiger partial charge in [-0.25, -0.2) is 0 Å². The molecule has 2 aliphatic rings. The molecule has 0 amide bonds. The second kappa shape index (κ2) is 14.5. The molecule has 2 atom stereocenters. The molecule has 2 unspecified atom stereocenters. The molecule has 54 heavy (non-hydrogen) atoms. The first kappa shape index (κ1) is 37.4. The van der Waals surface area contributed by atoms with E-state index in [1.54, 1.807) is 0 Å². The molecular weight excluding hydrogens is 791 g/mol. The number of allylic oxidation sites excluding steroid dienone is 2. The maximum atomic E-state index is 8.86. The Morgan fingerprint density at radius 3 is 1.11 bits per heavy atom. The minimum atomic E-state index is -5.06. The Kier molecular flexibility index (Phi) is 10.1. The second-order valence-electron chi connectivity index (χ2n) is 16.1. The first-order valence-electron chi connectivity index (χ1n) is 19.4. The van der Waals surface area contributed by atoms with Gasteiger partial charge in [0.2, 0.25) is 0 Å². The molecule has 0 spiro atoms. The molecule has 0 radical (unpaired) electrons. The van der Waals surface area contributed by atoms with Gasteiger partial charge in [0.25, 0.3) is 0 Å². The van der Waals surface area contributed by atoms with Gasteiger partial charge < -0.3 is 0 Å². The molecule has 0 bridgehead atoms. The molecule has 0 aliphatic heterocycles. The van der Waals surface area contributed by atoms with Gasteiger partial charge in [-0.1, -0.05) is 0 Å². The molecule has 6 aromatic carbocycles. The third kappa shape index (κ3) is 6.04. The van der Waals surface area contributed by atoms with E-state index in [1.165, 1.54) is 77.9 Å². The van der Waals surface area contributed by atoms with Crippen LogP contribution in [0.25, 0.3) is 56.7 Å². The molecule has 0 heterocycles. The molecule has 4 heteroatoms. The van der Waals surface area contributed by atoms with Crippen LogP contribution in [0.1, 0.15) is 57.2 Å². The second-order valence-corrected chi connectivity index (χ2v) is 54.8. The predicted octanol–water partition coefficient (Wildman–Crippen LogP) is 15.5.